The predicted octanol–water partition coefficient (Wildman–Crippen LogP) is 14.1. The molecule has 0 saturated heterocycles. The van der Waals surface area contributed by atoms with Crippen molar-refractivity contribution in [1.29, 1.82) is 0 Å². The zero-order valence-electron chi connectivity index (χ0n) is 26.8. The second-order valence-electron chi connectivity index (χ2n) is 12.9. The molecule has 4 heteroatoms. The number of thiophene rings is 1. The Hall–Kier alpha value is -6.36. The fraction of sp³-hybridized carbons (Fsp3) is 0. The Bertz CT molecular complexity index is 2990. The standard InChI is InChI=1S/C46H27NO2S/c1-2-8-34-29(7-1)15-24-45-46(34)39-25-30(16-23-44(39)50-45)28-13-17-31(18-14-28)47(32-19-21-42-37(26-32)35-9-3-5-11-40(35)48-42)33-20-22-43-38(27-33)36-10-4-6-12-41(36)49-43/h1-27H. The number of para-hydroxylation sites is 2. The van der Waals surface area contributed by atoms with E-state index >= 15 is 0 Å². The summed E-state index contributed by atoms with van der Waals surface area (Å²) < 4.78 is 15.0. The van der Waals surface area contributed by atoms with Gasteiger partial charge in [0.15, 0.2) is 0 Å². The van der Waals surface area contributed by atoms with Crippen LogP contribution in [0.25, 0.3) is 85.9 Å². The molecule has 0 saturated carbocycles. The van der Waals surface area contributed by atoms with Gasteiger partial charge in [-0.2, -0.15) is 0 Å². The molecule has 50 heavy (non-hydrogen) atoms. The minimum absolute atomic E-state index is 0.880. The van der Waals surface area contributed by atoms with Gasteiger partial charge < -0.3 is 13.7 Å². The summed E-state index contributed by atoms with van der Waals surface area (Å²) in [6.07, 6.45) is 0. The normalized spacial score (nSPS) is 12.0. The van der Waals surface area contributed by atoms with Crippen molar-refractivity contribution < 1.29 is 8.83 Å². The van der Waals surface area contributed by atoms with Gasteiger partial charge in [-0.25, -0.2) is 0 Å². The monoisotopic (exact) mass is 657 g/mol. The average molecular weight is 658 g/mol. The van der Waals surface area contributed by atoms with Crippen LogP contribution >= 0.6 is 11.3 Å². The van der Waals surface area contributed by atoms with E-state index in [1.807, 2.05) is 35.6 Å². The van der Waals surface area contributed by atoms with Gasteiger partial charge in [0.25, 0.3) is 0 Å². The number of nitrogens with zero attached hydrogens (tertiary/aromatic N) is 1. The van der Waals surface area contributed by atoms with E-state index in [2.05, 4.69) is 144 Å². The number of rotatable bonds is 4. The number of hydrogen-bond acceptors (Lipinski definition) is 4. The van der Waals surface area contributed by atoms with Gasteiger partial charge in [-0.3, -0.25) is 0 Å². The van der Waals surface area contributed by atoms with Crippen molar-refractivity contribution in [1.82, 2.24) is 0 Å². The Morgan fingerprint density at radius 2 is 0.900 bits per heavy atom. The highest BCUT2D eigenvalue weighted by Gasteiger charge is 2.18. The van der Waals surface area contributed by atoms with Gasteiger partial charge in [0.1, 0.15) is 22.3 Å². The predicted molar refractivity (Wildman–Crippen MR) is 212 cm³/mol. The Kier molecular flexibility index (Phi) is 5.83. The van der Waals surface area contributed by atoms with Gasteiger partial charge in [0.05, 0.1) is 0 Å². The molecular formula is C46H27NO2S. The Labute approximate surface area is 290 Å². The third-order valence-corrected chi connectivity index (χ3v) is 11.2. The van der Waals surface area contributed by atoms with Gasteiger partial charge in [0.2, 0.25) is 0 Å². The molecule has 11 rings (SSSR count). The van der Waals surface area contributed by atoms with Crippen molar-refractivity contribution in [3.8, 4) is 11.1 Å². The van der Waals surface area contributed by atoms with E-state index in [1.165, 1.54) is 42.1 Å². The molecule has 0 fully saturated rings. The first-order chi connectivity index (χ1) is 24.7. The van der Waals surface area contributed by atoms with E-state index in [9.17, 15) is 0 Å². The van der Waals surface area contributed by atoms with E-state index in [-0.39, 0.29) is 0 Å². The highest BCUT2D eigenvalue weighted by molar-refractivity contribution is 7.26. The van der Waals surface area contributed by atoms with Crippen LogP contribution in [0.4, 0.5) is 17.1 Å². The van der Waals surface area contributed by atoms with Crippen molar-refractivity contribution in [2.24, 2.45) is 0 Å². The van der Waals surface area contributed by atoms with Gasteiger partial charge >= 0.3 is 0 Å². The molecule has 0 radical (unpaired) electrons. The summed E-state index contributed by atoms with van der Waals surface area (Å²) >= 11 is 1.87. The molecule has 3 heterocycles. The average Bonchev–Trinajstić information content (AvgIpc) is 3.86. The van der Waals surface area contributed by atoms with Gasteiger partial charge in [-0.15, -0.1) is 11.3 Å². The van der Waals surface area contributed by atoms with Crippen LogP contribution in [0.1, 0.15) is 0 Å². The lowest BCUT2D eigenvalue weighted by molar-refractivity contribution is 0.668. The molecule has 11 aromatic rings. The molecule has 0 aliphatic rings. The molecule has 0 atom stereocenters. The number of fused-ring (bicyclic) bond motifs is 11. The maximum atomic E-state index is 6.20. The molecule has 0 spiro atoms. The molecule has 0 N–H and O–H groups in total. The summed E-state index contributed by atoms with van der Waals surface area (Å²) in [5.41, 5.74) is 9.13. The largest absolute Gasteiger partial charge is 0.456 e. The van der Waals surface area contributed by atoms with E-state index < -0.39 is 0 Å². The van der Waals surface area contributed by atoms with Crippen LogP contribution in [0.5, 0.6) is 0 Å². The van der Waals surface area contributed by atoms with E-state index in [1.54, 1.807) is 0 Å². The lowest BCUT2D eigenvalue weighted by Gasteiger charge is -2.26. The lowest BCUT2D eigenvalue weighted by atomic mass is 9.99. The summed E-state index contributed by atoms with van der Waals surface area (Å²) in [4.78, 5) is 2.33. The van der Waals surface area contributed by atoms with Crippen molar-refractivity contribution in [3.05, 3.63) is 164 Å². The molecule has 0 aliphatic heterocycles. The third-order valence-electron chi connectivity index (χ3n) is 10.1. The summed E-state index contributed by atoms with van der Waals surface area (Å²) in [7, 11) is 0. The fourth-order valence-electron chi connectivity index (χ4n) is 7.68. The first-order valence-electron chi connectivity index (χ1n) is 16.8. The van der Waals surface area contributed by atoms with Gasteiger partial charge in [-0.05, 0) is 101 Å². The summed E-state index contributed by atoms with van der Waals surface area (Å²) in [5, 5.41) is 9.65. The number of benzene rings is 8. The zero-order valence-corrected chi connectivity index (χ0v) is 27.6. The summed E-state index contributed by atoms with van der Waals surface area (Å²) in [6.45, 7) is 0. The van der Waals surface area contributed by atoms with Gasteiger partial charge in [0, 0.05) is 58.8 Å². The number of furan rings is 2. The zero-order chi connectivity index (χ0) is 32.8. The molecule has 3 aromatic heterocycles. The first-order valence-corrected chi connectivity index (χ1v) is 17.6. The molecule has 0 unspecified atom stereocenters. The van der Waals surface area contributed by atoms with Crippen LogP contribution in [0.2, 0.25) is 0 Å². The fourth-order valence-corrected chi connectivity index (χ4v) is 8.79. The highest BCUT2D eigenvalue weighted by Crippen LogP contribution is 2.43. The van der Waals surface area contributed by atoms with Crippen molar-refractivity contribution in [2.75, 3.05) is 4.90 Å². The Balaban J connectivity index is 1.07. The van der Waals surface area contributed by atoms with E-state index in [4.69, 9.17) is 8.83 Å². The molecule has 0 bridgehead atoms. The Morgan fingerprint density at radius 1 is 0.360 bits per heavy atom. The van der Waals surface area contributed by atoms with Crippen LogP contribution in [0, 0.1) is 0 Å². The maximum absolute atomic E-state index is 6.20. The highest BCUT2D eigenvalue weighted by atomic mass is 32.1. The number of anilines is 3. The van der Waals surface area contributed by atoms with Gasteiger partial charge in [-0.1, -0.05) is 84.9 Å². The Morgan fingerprint density at radius 3 is 1.58 bits per heavy atom. The van der Waals surface area contributed by atoms with Crippen molar-refractivity contribution >= 4 is 103 Å². The van der Waals surface area contributed by atoms with Crippen LogP contribution in [0.3, 0.4) is 0 Å². The van der Waals surface area contributed by atoms with Crippen LogP contribution in [-0.2, 0) is 0 Å². The van der Waals surface area contributed by atoms with Crippen molar-refractivity contribution in [3.63, 3.8) is 0 Å². The second-order valence-corrected chi connectivity index (χ2v) is 14.0. The van der Waals surface area contributed by atoms with Crippen LogP contribution in [0.15, 0.2) is 173 Å². The van der Waals surface area contributed by atoms with E-state index in [0.717, 1.165) is 60.9 Å². The maximum Gasteiger partial charge on any atom is 0.135 e. The SMILES string of the molecule is c1ccc2c(c1)ccc1sc3ccc(-c4ccc(N(c5ccc6oc7ccccc7c6c5)c5ccc6oc7ccccc7c6c5)cc4)cc3c12. The second kappa shape index (κ2) is 10.6. The third kappa shape index (κ3) is 4.16. The smallest absolute Gasteiger partial charge is 0.135 e. The molecule has 3 nitrogen and oxygen atoms in total. The van der Waals surface area contributed by atoms with E-state index in [0.29, 0.717) is 0 Å². The molecule has 234 valence electrons. The molecule has 0 amide bonds. The minimum atomic E-state index is 0.880. The van der Waals surface area contributed by atoms with Crippen molar-refractivity contribution in [2.45, 2.75) is 0 Å². The van der Waals surface area contributed by atoms with Crippen LogP contribution < -0.4 is 4.90 Å². The topological polar surface area (TPSA) is 29.5 Å². The van der Waals surface area contributed by atoms with Crippen LogP contribution in [-0.4, -0.2) is 0 Å². The quantitative estimate of drug-likeness (QED) is 0.189. The number of hydrogen-bond donors (Lipinski definition) is 0. The molecular weight excluding hydrogens is 631 g/mol. The summed E-state index contributed by atoms with van der Waals surface area (Å²) in [5.74, 6) is 0. The molecule has 0 aliphatic carbocycles. The first kappa shape index (κ1) is 27.6. The minimum Gasteiger partial charge on any atom is -0.456 e. The summed E-state index contributed by atoms with van der Waals surface area (Å²) in [6, 6.07) is 58.5. The lowest BCUT2D eigenvalue weighted by Crippen LogP contribution is -2.09. The molecule has 8 aromatic carbocycles.